The molecule has 0 bridgehead atoms. The maximum Gasteiger partial charge on any atom is 0.229 e. The molecule has 5 heteroatoms. The maximum absolute atomic E-state index is 5.66. The second-order valence-electron chi connectivity index (χ2n) is 4.50. The molecule has 1 saturated carbocycles. The van der Waals surface area contributed by atoms with E-state index in [2.05, 4.69) is 17.1 Å². The highest BCUT2D eigenvalue weighted by molar-refractivity contribution is 5.85. The Morgan fingerprint density at radius 3 is 2.73 bits per heavy atom. The Bertz CT molecular complexity index is 307. The third kappa shape index (κ3) is 2.92. The molecule has 0 aromatic carbocycles. The molecule has 1 aliphatic carbocycles. The third-order valence-electron chi connectivity index (χ3n) is 2.71. The first-order valence-corrected chi connectivity index (χ1v) is 5.23. The molecule has 1 fully saturated rings. The molecule has 0 spiro atoms. The molecule has 1 atom stereocenters. The predicted octanol–water partition coefficient (Wildman–Crippen LogP) is 1.89. The third-order valence-corrected chi connectivity index (χ3v) is 2.71. The van der Waals surface area contributed by atoms with Gasteiger partial charge in [0, 0.05) is 18.4 Å². The van der Waals surface area contributed by atoms with Crippen LogP contribution < -0.4 is 5.73 Å². The highest BCUT2D eigenvalue weighted by Crippen LogP contribution is 2.40. The average molecular weight is 232 g/mol. The van der Waals surface area contributed by atoms with Crippen LogP contribution in [0.1, 0.15) is 44.3 Å². The summed E-state index contributed by atoms with van der Waals surface area (Å²) in [6, 6.07) is 0.0979. The number of halogens is 1. The van der Waals surface area contributed by atoms with E-state index in [9.17, 15) is 0 Å². The Morgan fingerprint density at radius 1 is 1.53 bits per heavy atom. The van der Waals surface area contributed by atoms with Crippen LogP contribution in [-0.2, 0) is 6.42 Å². The molecular formula is C10H18ClN3O. The number of aromatic nitrogens is 2. The van der Waals surface area contributed by atoms with Gasteiger partial charge >= 0.3 is 0 Å². The van der Waals surface area contributed by atoms with Crippen molar-refractivity contribution in [2.75, 3.05) is 0 Å². The fraction of sp³-hybridized carbons (Fsp3) is 0.800. The van der Waals surface area contributed by atoms with Crippen molar-refractivity contribution in [2.24, 2.45) is 11.7 Å². The minimum absolute atomic E-state index is 0. The lowest BCUT2D eigenvalue weighted by Gasteiger charge is -2.29. The SMILES string of the molecule is CC(N)Cc1noc(C2CC(C)C2)n1.Cl. The summed E-state index contributed by atoms with van der Waals surface area (Å²) < 4.78 is 5.20. The largest absolute Gasteiger partial charge is 0.339 e. The van der Waals surface area contributed by atoms with Gasteiger partial charge in [-0.25, -0.2) is 0 Å². The molecule has 86 valence electrons. The van der Waals surface area contributed by atoms with Crippen LogP contribution in [0.4, 0.5) is 0 Å². The van der Waals surface area contributed by atoms with Gasteiger partial charge in [0.1, 0.15) is 0 Å². The van der Waals surface area contributed by atoms with Crippen molar-refractivity contribution < 1.29 is 4.52 Å². The molecule has 0 aliphatic heterocycles. The zero-order valence-electron chi connectivity index (χ0n) is 9.14. The van der Waals surface area contributed by atoms with E-state index in [1.807, 2.05) is 6.92 Å². The van der Waals surface area contributed by atoms with E-state index < -0.39 is 0 Å². The van der Waals surface area contributed by atoms with Crippen molar-refractivity contribution in [1.29, 1.82) is 0 Å². The van der Waals surface area contributed by atoms with E-state index in [1.165, 1.54) is 12.8 Å². The lowest BCUT2D eigenvalue weighted by atomic mass is 9.76. The Morgan fingerprint density at radius 2 is 2.20 bits per heavy atom. The minimum Gasteiger partial charge on any atom is -0.339 e. The van der Waals surface area contributed by atoms with Gasteiger partial charge in [-0.15, -0.1) is 12.4 Å². The Labute approximate surface area is 96.0 Å². The van der Waals surface area contributed by atoms with Gasteiger partial charge in [0.05, 0.1) is 0 Å². The number of hydrogen-bond donors (Lipinski definition) is 1. The van der Waals surface area contributed by atoms with Crippen LogP contribution in [0, 0.1) is 5.92 Å². The fourth-order valence-electron chi connectivity index (χ4n) is 1.91. The summed E-state index contributed by atoms with van der Waals surface area (Å²) in [5, 5.41) is 3.92. The van der Waals surface area contributed by atoms with E-state index in [0.717, 1.165) is 17.6 Å². The van der Waals surface area contributed by atoms with Crippen LogP contribution in [0.25, 0.3) is 0 Å². The average Bonchev–Trinajstić information content (AvgIpc) is 2.46. The zero-order valence-corrected chi connectivity index (χ0v) is 9.96. The smallest absolute Gasteiger partial charge is 0.229 e. The first kappa shape index (κ1) is 12.5. The maximum atomic E-state index is 5.66. The van der Waals surface area contributed by atoms with Crippen LogP contribution in [0.3, 0.4) is 0 Å². The predicted molar refractivity (Wildman–Crippen MR) is 60.0 cm³/mol. The standard InChI is InChI=1S/C10H17N3O.ClH/c1-6-3-8(4-6)10-12-9(13-14-10)5-7(2)11;/h6-8H,3-5,11H2,1-2H3;1H. The van der Waals surface area contributed by atoms with E-state index in [-0.39, 0.29) is 18.4 Å². The lowest BCUT2D eigenvalue weighted by molar-refractivity contribution is 0.227. The van der Waals surface area contributed by atoms with Gasteiger partial charge in [-0.1, -0.05) is 12.1 Å². The minimum atomic E-state index is 0. The Kier molecular flexibility index (Phi) is 4.11. The van der Waals surface area contributed by atoms with Gasteiger partial charge in [0.2, 0.25) is 5.89 Å². The van der Waals surface area contributed by atoms with Crippen LogP contribution in [0.5, 0.6) is 0 Å². The normalized spacial score (nSPS) is 26.6. The molecule has 15 heavy (non-hydrogen) atoms. The molecule has 2 N–H and O–H groups in total. The monoisotopic (exact) mass is 231 g/mol. The van der Waals surface area contributed by atoms with Gasteiger partial charge in [-0.3, -0.25) is 0 Å². The first-order valence-electron chi connectivity index (χ1n) is 5.23. The van der Waals surface area contributed by atoms with Crippen molar-refractivity contribution in [3.05, 3.63) is 11.7 Å². The van der Waals surface area contributed by atoms with Crippen LogP contribution in [0.15, 0.2) is 4.52 Å². The van der Waals surface area contributed by atoms with E-state index >= 15 is 0 Å². The van der Waals surface area contributed by atoms with Gasteiger partial charge < -0.3 is 10.3 Å². The van der Waals surface area contributed by atoms with Crippen molar-refractivity contribution >= 4 is 12.4 Å². The van der Waals surface area contributed by atoms with Crippen LogP contribution >= 0.6 is 12.4 Å². The molecule has 2 rings (SSSR count). The molecule has 0 radical (unpaired) electrons. The molecule has 1 aromatic rings. The molecule has 1 aromatic heterocycles. The summed E-state index contributed by atoms with van der Waals surface area (Å²) in [7, 11) is 0. The fourth-order valence-corrected chi connectivity index (χ4v) is 1.91. The summed E-state index contributed by atoms with van der Waals surface area (Å²) in [4.78, 5) is 4.35. The number of rotatable bonds is 3. The number of nitrogens with zero attached hydrogens (tertiary/aromatic N) is 2. The molecule has 1 heterocycles. The van der Waals surface area contributed by atoms with Crippen LogP contribution in [0.2, 0.25) is 0 Å². The van der Waals surface area contributed by atoms with Crippen LogP contribution in [-0.4, -0.2) is 16.2 Å². The number of nitrogens with two attached hydrogens (primary N) is 1. The van der Waals surface area contributed by atoms with Crippen molar-refractivity contribution in [3.63, 3.8) is 0 Å². The summed E-state index contributed by atoms with van der Waals surface area (Å²) in [6.07, 6.45) is 3.06. The van der Waals surface area contributed by atoms with Crippen molar-refractivity contribution in [2.45, 2.75) is 45.1 Å². The zero-order chi connectivity index (χ0) is 10.1. The number of hydrogen-bond acceptors (Lipinski definition) is 4. The van der Waals surface area contributed by atoms with Gasteiger partial charge in [-0.2, -0.15) is 4.98 Å². The van der Waals surface area contributed by atoms with E-state index in [4.69, 9.17) is 10.3 Å². The second-order valence-corrected chi connectivity index (χ2v) is 4.50. The molecular weight excluding hydrogens is 214 g/mol. The summed E-state index contributed by atoms with van der Waals surface area (Å²) in [5.41, 5.74) is 5.66. The quantitative estimate of drug-likeness (QED) is 0.863. The van der Waals surface area contributed by atoms with E-state index in [1.54, 1.807) is 0 Å². The topological polar surface area (TPSA) is 64.9 Å². The highest BCUT2D eigenvalue weighted by Gasteiger charge is 2.31. The molecule has 1 aliphatic rings. The molecule has 1 unspecified atom stereocenters. The second kappa shape index (κ2) is 4.94. The summed E-state index contributed by atoms with van der Waals surface area (Å²) in [6.45, 7) is 4.19. The molecule has 0 amide bonds. The van der Waals surface area contributed by atoms with Gasteiger partial charge in [-0.05, 0) is 25.7 Å². The van der Waals surface area contributed by atoms with E-state index in [0.29, 0.717) is 12.3 Å². The lowest BCUT2D eigenvalue weighted by Crippen LogP contribution is -2.20. The molecule has 4 nitrogen and oxygen atoms in total. The summed E-state index contributed by atoms with van der Waals surface area (Å²) >= 11 is 0. The highest BCUT2D eigenvalue weighted by atomic mass is 35.5. The Hall–Kier alpha value is -0.610. The Balaban J connectivity index is 0.00000112. The van der Waals surface area contributed by atoms with Crippen molar-refractivity contribution in [3.8, 4) is 0 Å². The summed E-state index contributed by atoms with van der Waals surface area (Å²) in [5.74, 6) is 2.86. The first-order chi connectivity index (χ1) is 6.65. The van der Waals surface area contributed by atoms with Gasteiger partial charge in [0.15, 0.2) is 5.82 Å². The van der Waals surface area contributed by atoms with Gasteiger partial charge in [0.25, 0.3) is 0 Å². The van der Waals surface area contributed by atoms with Crippen molar-refractivity contribution in [1.82, 2.24) is 10.1 Å². The molecule has 0 saturated heterocycles.